The van der Waals surface area contributed by atoms with Gasteiger partial charge in [0, 0.05) is 10.8 Å². The fraction of sp³-hybridized carbons (Fsp3) is 0. The van der Waals surface area contributed by atoms with Crippen LogP contribution in [0.1, 0.15) is 0 Å². The Morgan fingerprint density at radius 3 is 1.61 bits per heavy atom. The standard InChI is InChI=1S/C36H22O2/c37-26-17-15-22-13-14-23(19-25(22)20-26)35-28-8-1-3-10-30(28)36(31-11-4-2-9-29(31)35)24-16-18-34-32(21-24)27-7-5-6-12-33(27)38-34/h1-21,37H. The van der Waals surface area contributed by atoms with E-state index in [0.717, 1.165) is 38.3 Å². The topological polar surface area (TPSA) is 33.4 Å². The van der Waals surface area contributed by atoms with E-state index in [1.807, 2.05) is 24.3 Å². The maximum absolute atomic E-state index is 10.1. The number of phenolic OH excluding ortho intramolecular Hbond substituents is 1. The van der Waals surface area contributed by atoms with Crippen molar-refractivity contribution in [1.82, 2.24) is 0 Å². The number of rotatable bonds is 2. The van der Waals surface area contributed by atoms with Crippen LogP contribution in [0.25, 0.3) is 76.5 Å². The number of aromatic hydroxyl groups is 1. The minimum Gasteiger partial charge on any atom is -0.508 e. The predicted octanol–water partition coefficient (Wildman–Crippen LogP) is 10.1. The van der Waals surface area contributed by atoms with E-state index in [9.17, 15) is 5.11 Å². The molecule has 1 aromatic heterocycles. The van der Waals surface area contributed by atoms with Crippen LogP contribution in [0.5, 0.6) is 5.75 Å². The average Bonchev–Trinajstić information content (AvgIpc) is 3.33. The molecule has 0 radical (unpaired) electrons. The Hall–Kier alpha value is -5.08. The molecule has 0 unspecified atom stereocenters. The molecule has 178 valence electrons. The first-order chi connectivity index (χ1) is 18.7. The van der Waals surface area contributed by atoms with E-state index in [1.54, 1.807) is 6.07 Å². The van der Waals surface area contributed by atoms with Gasteiger partial charge in [-0.05, 0) is 91.0 Å². The van der Waals surface area contributed by atoms with E-state index in [4.69, 9.17) is 4.42 Å². The van der Waals surface area contributed by atoms with Crippen LogP contribution in [0.3, 0.4) is 0 Å². The van der Waals surface area contributed by atoms with Crippen LogP contribution in [0.15, 0.2) is 132 Å². The fourth-order valence-corrected chi connectivity index (χ4v) is 6.02. The van der Waals surface area contributed by atoms with Gasteiger partial charge in [0.15, 0.2) is 0 Å². The Bertz CT molecular complexity index is 2140. The largest absolute Gasteiger partial charge is 0.508 e. The van der Waals surface area contributed by atoms with Gasteiger partial charge in [0.1, 0.15) is 16.9 Å². The number of fused-ring (bicyclic) bond motifs is 6. The fourth-order valence-electron chi connectivity index (χ4n) is 6.02. The van der Waals surface area contributed by atoms with Crippen LogP contribution in [-0.2, 0) is 0 Å². The first-order valence-corrected chi connectivity index (χ1v) is 12.8. The zero-order valence-electron chi connectivity index (χ0n) is 20.5. The molecule has 0 spiro atoms. The molecule has 7 aromatic carbocycles. The quantitative estimate of drug-likeness (QED) is 0.247. The summed E-state index contributed by atoms with van der Waals surface area (Å²) in [5.74, 6) is 0.280. The number of benzene rings is 7. The Morgan fingerprint density at radius 2 is 0.921 bits per heavy atom. The normalized spacial score (nSPS) is 11.8. The third kappa shape index (κ3) is 3.07. The average molecular weight is 487 g/mol. The molecule has 2 heteroatoms. The zero-order valence-corrected chi connectivity index (χ0v) is 20.5. The highest BCUT2D eigenvalue weighted by Crippen LogP contribution is 2.45. The lowest BCUT2D eigenvalue weighted by molar-refractivity contribution is 0.476. The van der Waals surface area contributed by atoms with Crippen molar-refractivity contribution in [2.24, 2.45) is 0 Å². The summed E-state index contributed by atoms with van der Waals surface area (Å²) < 4.78 is 6.12. The number of furan rings is 1. The highest BCUT2D eigenvalue weighted by molar-refractivity contribution is 6.22. The SMILES string of the molecule is Oc1ccc2ccc(-c3c4ccccc4c(-c4ccc5oc6ccccc6c5c4)c4ccccc34)cc2c1. The number of hydrogen-bond acceptors (Lipinski definition) is 2. The highest BCUT2D eigenvalue weighted by atomic mass is 16.3. The molecule has 0 amide bonds. The molecular formula is C36H22O2. The Morgan fingerprint density at radius 1 is 0.395 bits per heavy atom. The molecule has 0 fully saturated rings. The summed E-state index contributed by atoms with van der Waals surface area (Å²) in [7, 11) is 0. The molecule has 0 aliphatic heterocycles. The van der Waals surface area contributed by atoms with Crippen molar-refractivity contribution in [2.45, 2.75) is 0 Å². The minimum absolute atomic E-state index is 0.280. The molecule has 0 bridgehead atoms. The van der Waals surface area contributed by atoms with Crippen molar-refractivity contribution in [3.63, 3.8) is 0 Å². The molecule has 1 heterocycles. The van der Waals surface area contributed by atoms with Crippen LogP contribution < -0.4 is 0 Å². The van der Waals surface area contributed by atoms with Gasteiger partial charge in [-0.15, -0.1) is 0 Å². The van der Waals surface area contributed by atoms with Crippen molar-refractivity contribution < 1.29 is 9.52 Å². The first-order valence-electron chi connectivity index (χ1n) is 12.8. The molecule has 0 aliphatic carbocycles. The molecule has 0 saturated carbocycles. The summed E-state index contributed by atoms with van der Waals surface area (Å²) in [6.45, 7) is 0. The van der Waals surface area contributed by atoms with Crippen LogP contribution in [-0.4, -0.2) is 5.11 Å². The second kappa shape index (κ2) is 7.96. The summed E-state index contributed by atoms with van der Waals surface area (Å²) >= 11 is 0. The van der Waals surface area contributed by atoms with E-state index in [1.165, 1.54) is 38.2 Å². The lowest BCUT2D eigenvalue weighted by atomic mass is 9.85. The van der Waals surface area contributed by atoms with Gasteiger partial charge in [0.25, 0.3) is 0 Å². The van der Waals surface area contributed by atoms with Gasteiger partial charge in [-0.1, -0.05) is 91.0 Å². The lowest BCUT2D eigenvalue weighted by Gasteiger charge is -2.18. The zero-order chi connectivity index (χ0) is 25.2. The Balaban J connectivity index is 1.48. The van der Waals surface area contributed by atoms with Gasteiger partial charge in [-0.3, -0.25) is 0 Å². The van der Waals surface area contributed by atoms with E-state index in [0.29, 0.717) is 0 Å². The second-order valence-corrected chi connectivity index (χ2v) is 9.90. The van der Waals surface area contributed by atoms with Gasteiger partial charge in [-0.2, -0.15) is 0 Å². The molecule has 8 rings (SSSR count). The Kier molecular flexibility index (Phi) is 4.41. The van der Waals surface area contributed by atoms with Crippen molar-refractivity contribution in [3.05, 3.63) is 127 Å². The van der Waals surface area contributed by atoms with E-state index >= 15 is 0 Å². The summed E-state index contributed by atoms with van der Waals surface area (Å²) in [5.41, 5.74) is 6.56. The van der Waals surface area contributed by atoms with Crippen molar-refractivity contribution >= 4 is 54.3 Å². The molecule has 0 atom stereocenters. The highest BCUT2D eigenvalue weighted by Gasteiger charge is 2.18. The van der Waals surface area contributed by atoms with Gasteiger partial charge in [-0.25, -0.2) is 0 Å². The van der Waals surface area contributed by atoms with Gasteiger partial charge in [0.05, 0.1) is 0 Å². The van der Waals surface area contributed by atoms with E-state index < -0.39 is 0 Å². The maximum Gasteiger partial charge on any atom is 0.135 e. The van der Waals surface area contributed by atoms with Gasteiger partial charge in [0.2, 0.25) is 0 Å². The first kappa shape index (κ1) is 21.0. The van der Waals surface area contributed by atoms with Crippen LogP contribution in [0, 0.1) is 0 Å². The monoisotopic (exact) mass is 486 g/mol. The molecule has 2 nitrogen and oxygen atoms in total. The van der Waals surface area contributed by atoms with Crippen LogP contribution in [0.2, 0.25) is 0 Å². The third-order valence-electron chi connectivity index (χ3n) is 7.71. The predicted molar refractivity (Wildman–Crippen MR) is 159 cm³/mol. The summed E-state index contributed by atoms with van der Waals surface area (Å²) in [5, 5.41) is 19.4. The minimum atomic E-state index is 0.280. The molecule has 0 saturated heterocycles. The van der Waals surface area contributed by atoms with Gasteiger partial charge < -0.3 is 9.52 Å². The van der Waals surface area contributed by atoms with E-state index in [-0.39, 0.29) is 5.75 Å². The van der Waals surface area contributed by atoms with E-state index in [2.05, 4.69) is 97.1 Å². The molecule has 1 N–H and O–H groups in total. The second-order valence-electron chi connectivity index (χ2n) is 9.90. The third-order valence-corrected chi connectivity index (χ3v) is 7.71. The van der Waals surface area contributed by atoms with Gasteiger partial charge >= 0.3 is 0 Å². The number of hydrogen-bond donors (Lipinski definition) is 1. The lowest BCUT2D eigenvalue weighted by Crippen LogP contribution is -1.91. The van der Waals surface area contributed by atoms with Crippen LogP contribution in [0.4, 0.5) is 0 Å². The summed E-state index contributed by atoms with van der Waals surface area (Å²) in [6.07, 6.45) is 0. The Labute approximate surface area is 219 Å². The molecule has 8 aromatic rings. The van der Waals surface area contributed by atoms with Crippen molar-refractivity contribution in [1.29, 1.82) is 0 Å². The molecular weight excluding hydrogens is 464 g/mol. The summed E-state index contributed by atoms with van der Waals surface area (Å²) in [4.78, 5) is 0. The van der Waals surface area contributed by atoms with Crippen molar-refractivity contribution in [2.75, 3.05) is 0 Å². The maximum atomic E-state index is 10.1. The number of para-hydroxylation sites is 1. The number of phenols is 1. The molecule has 38 heavy (non-hydrogen) atoms. The smallest absolute Gasteiger partial charge is 0.135 e. The van der Waals surface area contributed by atoms with Crippen molar-refractivity contribution in [3.8, 4) is 28.0 Å². The van der Waals surface area contributed by atoms with Crippen LogP contribution >= 0.6 is 0 Å². The summed E-state index contributed by atoms with van der Waals surface area (Å²) in [6, 6.07) is 44.2. The molecule has 0 aliphatic rings.